The number of carbonyl (C=O) groups excluding carboxylic acids is 3. The zero-order chi connectivity index (χ0) is 95.8. The van der Waals surface area contributed by atoms with Gasteiger partial charge in [-0.2, -0.15) is 0 Å². The molecule has 6 aliphatic heterocycles. The first-order chi connectivity index (χ1) is 62.1. The van der Waals surface area contributed by atoms with E-state index in [0.717, 1.165) is 71.6 Å². The topological polar surface area (TPSA) is 677 Å². The summed E-state index contributed by atoms with van der Waals surface area (Å²) in [7, 11) is 0. The van der Waals surface area contributed by atoms with Crippen molar-refractivity contribution >= 4 is 29.7 Å². The van der Waals surface area contributed by atoms with Crippen molar-refractivity contribution in [3.8, 4) is 0 Å². The van der Waals surface area contributed by atoms with Crippen molar-refractivity contribution in [2.45, 2.75) is 466 Å². The smallest absolute Gasteiger partial charge is 0.364 e. The molecular weight excluding hydrogens is 1720 g/mol. The molecule has 34 atom stereocenters. The molecule has 0 spiro atoms. The van der Waals surface area contributed by atoms with Crippen LogP contribution >= 0.6 is 0 Å². The fourth-order valence-electron chi connectivity index (χ4n) is 17.4. The Kier molecular flexibility index (Phi) is 52.7. The lowest BCUT2D eigenvalue weighted by Crippen LogP contribution is -2.71. The summed E-state index contributed by atoms with van der Waals surface area (Å²) < 4.78 is 71.1. The van der Waals surface area contributed by atoms with Gasteiger partial charge in [-0.3, -0.25) is 14.4 Å². The Morgan fingerprint density at radius 1 is 0.415 bits per heavy atom. The first-order valence-electron chi connectivity index (χ1n) is 47.2. The van der Waals surface area contributed by atoms with E-state index >= 15 is 0 Å². The second kappa shape index (κ2) is 59.8. The van der Waals surface area contributed by atoms with Gasteiger partial charge in [0.15, 0.2) is 25.2 Å². The van der Waals surface area contributed by atoms with E-state index in [1.807, 2.05) is 6.08 Å². The van der Waals surface area contributed by atoms with Gasteiger partial charge in [-0.15, -0.1) is 0 Å². The molecule has 0 radical (unpaired) electrons. The number of nitrogens with one attached hydrogen (secondary N) is 3. The van der Waals surface area contributed by atoms with Crippen molar-refractivity contribution in [1.82, 2.24) is 16.0 Å². The molecular formula is C88H157N3O39. The molecule has 130 heavy (non-hydrogen) atoms. The highest BCUT2D eigenvalue weighted by Gasteiger charge is 2.63. The summed E-state index contributed by atoms with van der Waals surface area (Å²) in [5, 5.41) is 253. The molecule has 0 aromatic rings. The number of aliphatic hydroxyl groups is 20. The lowest BCUT2D eigenvalue weighted by Gasteiger charge is -2.51. The summed E-state index contributed by atoms with van der Waals surface area (Å²) in [6.45, 7) is -1.50. The summed E-state index contributed by atoms with van der Waals surface area (Å²) in [6.07, 6.45) is -24.1. The predicted molar refractivity (Wildman–Crippen MR) is 456 cm³/mol. The fraction of sp³-hybridized carbons (Fsp3) is 0.920. The van der Waals surface area contributed by atoms with Gasteiger partial charge in [0.2, 0.25) is 17.7 Å². The van der Waals surface area contributed by atoms with Gasteiger partial charge in [-0.05, 0) is 19.3 Å². The van der Waals surface area contributed by atoms with Crippen LogP contribution in [0.1, 0.15) is 259 Å². The number of aliphatic hydroxyl groups excluding tert-OH is 20. The number of unbranched alkanes of at least 4 members (excludes halogenated alkanes) is 31. The maximum Gasteiger partial charge on any atom is 0.364 e. The monoisotopic (exact) mass is 1880 g/mol. The third-order valence-corrected chi connectivity index (χ3v) is 25.2. The Hall–Kier alpha value is -4.19. The second-order valence-corrected chi connectivity index (χ2v) is 35.7. The molecule has 758 valence electrons. The first-order valence-corrected chi connectivity index (χ1v) is 47.2. The molecule has 0 aliphatic carbocycles. The van der Waals surface area contributed by atoms with Crippen LogP contribution in [0.4, 0.5) is 0 Å². The average molecular weight is 1880 g/mol. The van der Waals surface area contributed by atoms with Crippen LogP contribution in [0.25, 0.3) is 0 Å². The zero-order valence-electron chi connectivity index (χ0n) is 75.8. The van der Waals surface area contributed by atoms with Gasteiger partial charge in [-0.1, -0.05) is 219 Å². The molecule has 0 aromatic carbocycles. The quantitative estimate of drug-likeness (QED) is 0.0239. The van der Waals surface area contributed by atoms with Crippen molar-refractivity contribution < 1.29 is 193 Å². The van der Waals surface area contributed by atoms with Crippen LogP contribution in [0.15, 0.2) is 12.2 Å². The molecule has 6 saturated heterocycles. The van der Waals surface area contributed by atoms with E-state index in [2.05, 4.69) is 29.8 Å². The van der Waals surface area contributed by atoms with Gasteiger partial charge < -0.3 is 185 Å². The van der Waals surface area contributed by atoms with Gasteiger partial charge in [0.25, 0.3) is 11.6 Å². The first kappa shape index (κ1) is 115. The number of carbonyl (C=O) groups is 5. The Balaban J connectivity index is 1.19. The summed E-state index contributed by atoms with van der Waals surface area (Å²) in [5.74, 6) is -13.2. The van der Waals surface area contributed by atoms with E-state index in [1.165, 1.54) is 141 Å². The molecule has 42 nitrogen and oxygen atoms in total. The Morgan fingerprint density at radius 3 is 1.28 bits per heavy atom. The van der Waals surface area contributed by atoms with Gasteiger partial charge >= 0.3 is 11.9 Å². The molecule has 42 heteroatoms. The number of hydrogen-bond acceptors (Lipinski definition) is 37. The minimum absolute atomic E-state index is 0.132. The number of ether oxygens (including phenoxy) is 12. The summed E-state index contributed by atoms with van der Waals surface area (Å²) in [5.41, 5.74) is 0. The van der Waals surface area contributed by atoms with Crippen LogP contribution in [0.5, 0.6) is 0 Å². The second-order valence-electron chi connectivity index (χ2n) is 35.7. The minimum Gasteiger partial charge on any atom is -0.477 e. The van der Waals surface area contributed by atoms with Gasteiger partial charge in [0.05, 0.1) is 76.6 Å². The van der Waals surface area contributed by atoms with Crippen molar-refractivity contribution in [3.63, 3.8) is 0 Å². The molecule has 6 heterocycles. The lowest BCUT2D eigenvalue weighted by molar-refractivity contribution is -0.393. The molecule has 12 unspecified atom stereocenters. The molecule has 6 aliphatic rings. The molecule has 0 bridgehead atoms. The highest BCUT2D eigenvalue weighted by atomic mass is 16.8. The number of carboxylic acid groups (broad SMARTS) is 2. The summed E-state index contributed by atoms with van der Waals surface area (Å²) in [4.78, 5) is 66.2. The maximum atomic E-state index is 13.7. The standard InChI is InChI=1S/C88H157N3O39/c1-5-7-9-11-13-15-17-19-20-21-22-23-24-25-26-28-30-32-34-36-38-40-62(104)91-52(53(99)39-37-35-33-31-29-27-18-16-14-12-10-8-6-2)48-119-82-72(112)70(110)76(59(46-95)122-82)126-83-73(113)71(111)75(60(47-96)123-83)125-81-64(90-51(4)98)77(69(109)61(124-81)49-120-87(85(115)116)41-54(100)63(89-50(3)97)78(128-87)66(106)56(102)43-92)127-84-74(114)80(68(108)58(45-94)121-84)130-88(86(117)118)42-55(101)65(105)79(129-88)67(107)57(103)44-93/h37,39,52-61,63-84,92-96,99-103,105-114H,5-36,38,40-49H2,1-4H3,(H,89,97)(H,90,98)(H,91,104)(H,115,116)(H,117,118)/b39-37+/t52-,53+,54?,55?,56+,57+,58?,59?,60?,61?,63+,64?,65+,66+,67+,68-,69-,70+,71+,72?,73?,74?,75-,76+,77+,78?,79?,80-,81-,82+,83-,84-,87+,88-/m0/s1. The van der Waals surface area contributed by atoms with Crippen LogP contribution in [0, 0.1) is 0 Å². The lowest BCUT2D eigenvalue weighted by atomic mass is 9.88. The predicted octanol–water partition coefficient (Wildman–Crippen LogP) is -1.67. The van der Waals surface area contributed by atoms with E-state index in [-0.39, 0.29) is 12.3 Å². The van der Waals surface area contributed by atoms with Gasteiger partial charge in [0, 0.05) is 33.1 Å². The normalized spacial score (nSPS) is 34.6. The van der Waals surface area contributed by atoms with E-state index < -0.39 is 290 Å². The van der Waals surface area contributed by atoms with E-state index in [0.29, 0.717) is 12.8 Å². The Morgan fingerprint density at radius 2 is 0.808 bits per heavy atom. The molecule has 6 rings (SSSR count). The fourth-order valence-corrected chi connectivity index (χ4v) is 17.4. The van der Waals surface area contributed by atoms with Crippen LogP contribution in [-0.2, 0) is 80.8 Å². The van der Waals surface area contributed by atoms with E-state index in [4.69, 9.17) is 56.8 Å². The third-order valence-electron chi connectivity index (χ3n) is 25.2. The number of rotatable bonds is 64. The summed E-state index contributed by atoms with van der Waals surface area (Å²) in [6, 6.07) is -5.02. The molecule has 0 saturated carbocycles. The number of aliphatic carboxylic acids is 2. The van der Waals surface area contributed by atoms with Crippen LogP contribution in [-0.4, -0.2) is 396 Å². The Bertz CT molecular complexity index is 3180. The highest BCUT2D eigenvalue weighted by molar-refractivity contribution is 5.77. The molecule has 25 N–H and O–H groups in total. The maximum absolute atomic E-state index is 13.7. The average Bonchev–Trinajstić information content (AvgIpc) is 0.742. The van der Waals surface area contributed by atoms with E-state index in [1.54, 1.807) is 6.08 Å². The van der Waals surface area contributed by atoms with Gasteiger partial charge in [0.1, 0.15) is 140 Å². The van der Waals surface area contributed by atoms with Crippen molar-refractivity contribution in [1.29, 1.82) is 0 Å². The number of allylic oxidation sites excluding steroid dienone is 1. The molecule has 3 amide bonds. The number of amides is 3. The van der Waals surface area contributed by atoms with Crippen LogP contribution < -0.4 is 16.0 Å². The van der Waals surface area contributed by atoms with E-state index in [9.17, 15) is 136 Å². The Labute approximate surface area is 760 Å². The third kappa shape index (κ3) is 34.8. The largest absolute Gasteiger partial charge is 0.477 e. The minimum atomic E-state index is -3.36. The van der Waals surface area contributed by atoms with Crippen LogP contribution in [0.3, 0.4) is 0 Å². The van der Waals surface area contributed by atoms with Crippen molar-refractivity contribution in [2.75, 3.05) is 46.2 Å². The van der Waals surface area contributed by atoms with Crippen molar-refractivity contribution in [2.24, 2.45) is 0 Å². The summed E-state index contributed by atoms with van der Waals surface area (Å²) >= 11 is 0. The number of carboxylic acids is 2. The highest BCUT2D eigenvalue weighted by Crippen LogP contribution is 2.42. The molecule has 6 fully saturated rings. The van der Waals surface area contributed by atoms with Gasteiger partial charge in [-0.25, -0.2) is 9.59 Å². The molecule has 0 aromatic heterocycles. The van der Waals surface area contributed by atoms with Crippen LogP contribution in [0.2, 0.25) is 0 Å². The van der Waals surface area contributed by atoms with Crippen molar-refractivity contribution in [3.05, 3.63) is 12.2 Å². The zero-order valence-corrected chi connectivity index (χ0v) is 75.8. The number of hydrogen-bond donors (Lipinski definition) is 25. The SMILES string of the molecule is CCCCCCCCCCCCC/C=C/[C@@H](O)[C@H](CO[C@@H]1OC(CO)[C@@H](O[C@@H]2OC(CO)[C@H](O[C@@H]3OC(CO[C@]4(C(=O)O)CC(O)[C@@H](NC(C)=O)C([C@H](O)[C@H](O)CO)O4)[C@H](O)[C@H](O[C@@H]4OC(CO)[C@H](O)[C@H](O[C@]5(C(=O)O)CC(O)[C@@H](O)C([C@H](O)[C@H](O)CO)O5)C4O)C3NC(C)=O)[C@H](O)C2O)[C@H](O)C1O)NC(=O)CCCCCCCCCCCCCCCCCCCCCCC.